The number of hydrogen-bond donors (Lipinski definition) is 2. The number of carbonyl (C=O) groups is 1. The molecule has 1 aliphatic heterocycles. The number of ether oxygens (including phenoxy) is 1. The van der Waals surface area contributed by atoms with Crippen molar-refractivity contribution >= 4 is 28.4 Å². The van der Waals surface area contributed by atoms with Gasteiger partial charge in [0.15, 0.2) is 5.03 Å². The minimum absolute atomic E-state index is 0. The van der Waals surface area contributed by atoms with Gasteiger partial charge in [0.05, 0.1) is 12.8 Å². The molecule has 10 heteroatoms. The summed E-state index contributed by atoms with van der Waals surface area (Å²) in [6.07, 6.45) is 1.18. The molecule has 1 aliphatic rings. The number of hydrogen-bond acceptors (Lipinski definition) is 6. The number of carbonyl (C=O) groups excluding carboxylic acids is 1. The lowest BCUT2D eigenvalue weighted by Gasteiger charge is -2.37. The van der Waals surface area contributed by atoms with Gasteiger partial charge in [0.25, 0.3) is 10.0 Å². The van der Waals surface area contributed by atoms with E-state index in [1.165, 1.54) is 10.5 Å². The Morgan fingerprint density at radius 2 is 2.18 bits per heavy atom. The van der Waals surface area contributed by atoms with Gasteiger partial charge in [-0.25, -0.2) is 13.2 Å². The molecule has 0 saturated carbocycles. The normalized spacial score (nSPS) is 22.9. The lowest BCUT2D eigenvalue weighted by atomic mass is 10.1. The fourth-order valence-corrected chi connectivity index (χ4v) is 4.08. The lowest BCUT2D eigenvalue weighted by molar-refractivity contribution is 0.0521. The first-order valence-electron chi connectivity index (χ1n) is 6.85. The molecule has 2 rings (SSSR count). The average Bonchev–Trinajstić information content (AvgIpc) is 2.92. The second-order valence-corrected chi connectivity index (χ2v) is 6.76. The summed E-state index contributed by atoms with van der Waals surface area (Å²) in [5.41, 5.74) is -0.0600. The molecule has 126 valence electrons. The van der Waals surface area contributed by atoms with Gasteiger partial charge >= 0.3 is 5.97 Å². The minimum Gasteiger partial charge on any atom is -0.462 e. The molecule has 1 aromatic rings. The van der Waals surface area contributed by atoms with Gasteiger partial charge in [-0.1, -0.05) is 0 Å². The van der Waals surface area contributed by atoms with Gasteiger partial charge in [-0.15, -0.1) is 12.4 Å². The highest BCUT2D eigenvalue weighted by Crippen LogP contribution is 2.23. The van der Waals surface area contributed by atoms with Gasteiger partial charge in [-0.3, -0.25) is 5.10 Å². The third kappa shape index (κ3) is 3.43. The Morgan fingerprint density at radius 3 is 2.82 bits per heavy atom. The van der Waals surface area contributed by atoms with E-state index in [2.05, 4.69) is 15.5 Å². The summed E-state index contributed by atoms with van der Waals surface area (Å²) in [4.78, 5) is 11.8. The molecular formula is C12H21ClN4O4S. The largest absolute Gasteiger partial charge is 0.462 e. The molecule has 22 heavy (non-hydrogen) atoms. The molecule has 1 saturated heterocycles. The van der Waals surface area contributed by atoms with Crippen molar-refractivity contribution in [2.24, 2.45) is 0 Å². The Kier molecular flexibility index (Phi) is 6.36. The van der Waals surface area contributed by atoms with Gasteiger partial charge in [0.2, 0.25) is 0 Å². The van der Waals surface area contributed by atoms with Crippen molar-refractivity contribution in [3.63, 3.8) is 0 Å². The molecular weight excluding hydrogens is 332 g/mol. The van der Waals surface area contributed by atoms with Crippen molar-refractivity contribution in [2.45, 2.75) is 37.9 Å². The molecule has 0 bridgehead atoms. The average molecular weight is 353 g/mol. The van der Waals surface area contributed by atoms with Gasteiger partial charge in [-0.2, -0.15) is 9.40 Å². The molecule has 0 aromatic carbocycles. The number of aromatic amines is 1. The van der Waals surface area contributed by atoms with Crippen LogP contribution in [0.1, 0.15) is 31.1 Å². The van der Waals surface area contributed by atoms with Crippen LogP contribution in [0.25, 0.3) is 0 Å². The monoisotopic (exact) mass is 352 g/mol. The zero-order valence-corrected chi connectivity index (χ0v) is 14.3. The van der Waals surface area contributed by atoms with E-state index < -0.39 is 16.0 Å². The first-order chi connectivity index (χ1) is 9.89. The highest BCUT2D eigenvalue weighted by molar-refractivity contribution is 7.89. The smallest absolute Gasteiger partial charge is 0.342 e. The molecule has 0 aliphatic carbocycles. The number of piperazine rings is 1. The van der Waals surface area contributed by atoms with Crippen LogP contribution in [0.4, 0.5) is 0 Å². The Balaban J connectivity index is 0.00000242. The molecule has 2 unspecified atom stereocenters. The Labute approximate surface area is 136 Å². The maximum atomic E-state index is 12.8. The van der Waals surface area contributed by atoms with E-state index in [9.17, 15) is 13.2 Å². The summed E-state index contributed by atoms with van der Waals surface area (Å²) >= 11 is 0. The zero-order chi connectivity index (χ0) is 15.6. The Morgan fingerprint density at radius 1 is 1.50 bits per heavy atom. The van der Waals surface area contributed by atoms with Crippen LogP contribution in [0.2, 0.25) is 0 Å². The number of esters is 1. The summed E-state index contributed by atoms with van der Waals surface area (Å²) in [6, 6.07) is -0.190. The van der Waals surface area contributed by atoms with Crippen LogP contribution in [-0.4, -0.2) is 60.7 Å². The SMILES string of the molecule is CCOC(=O)c1cn[nH]c1S(=O)(=O)N1CCNC(C)C1C.Cl. The van der Waals surface area contributed by atoms with Gasteiger partial charge in [0.1, 0.15) is 5.56 Å². The zero-order valence-electron chi connectivity index (χ0n) is 12.7. The van der Waals surface area contributed by atoms with Gasteiger partial charge < -0.3 is 10.1 Å². The van der Waals surface area contributed by atoms with Crippen molar-refractivity contribution in [3.05, 3.63) is 11.8 Å². The summed E-state index contributed by atoms with van der Waals surface area (Å²) in [5.74, 6) is -0.694. The van der Waals surface area contributed by atoms with Gasteiger partial charge in [-0.05, 0) is 20.8 Å². The van der Waals surface area contributed by atoms with Crippen LogP contribution in [0.3, 0.4) is 0 Å². The van der Waals surface area contributed by atoms with Gasteiger partial charge in [0, 0.05) is 25.2 Å². The number of sulfonamides is 1. The molecule has 0 amide bonds. The predicted molar refractivity (Wildman–Crippen MR) is 82.6 cm³/mol. The molecule has 1 aromatic heterocycles. The quantitative estimate of drug-likeness (QED) is 0.759. The molecule has 2 N–H and O–H groups in total. The molecule has 2 heterocycles. The number of nitrogens with one attached hydrogen (secondary N) is 2. The van der Waals surface area contributed by atoms with Crippen LogP contribution in [-0.2, 0) is 14.8 Å². The minimum atomic E-state index is -3.82. The lowest BCUT2D eigenvalue weighted by Crippen LogP contribution is -2.57. The maximum absolute atomic E-state index is 12.8. The summed E-state index contributed by atoms with van der Waals surface area (Å²) in [5, 5.41) is 9.11. The van der Waals surface area contributed by atoms with Crippen molar-refractivity contribution in [2.75, 3.05) is 19.7 Å². The number of halogens is 1. The number of aromatic nitrogens is 2. The third-order valence-electron chi connectivity index (χ3n) is 3.64. The van der Waals surface area contributed by atoms with E-state index in [1.807, 2.05) is 13.8 Å². The maximum Gasteiger partial charge on any atom is 0.342 e. The molecule has 1 fully saturated rings. The molecule has 8 nitrogen and oxygen atoms in total. The van der Waals surface area contributed by atoms with Crippen LogP contribution in [0.5, 0.6) is 0 Å². The summed E-state index contributed by atoms with van der Waals surface area (Å²) < 4.78 is 31.7. The predicted octanol–water partition coefficient (Wildman–Crippen LogP) is 0.379. The Hall–Kier alpha value is -1.16. The Bertz CT molecular complexity index is 618. The third-order valence-corrected chi connectivity index (χ3v) is 5.60. The fraction of sp³-hybridized carbons (Fsp3) is 0.667. The first kappa shape index (κ1) is 18.9. The van der Waals surface area contributed by atoms with Crippen LogP contribution in [0, 0.1) is 0 Å². The second-order valence-electron chi connectivity index (χ2n) is 4.93. The van der Waals surface area contributed by atoms with Crippen molar-refractivity contribution < 1.29 is 17.9 Å². The molecule has 0 radical (unpaired) electrons. The fourth-order valence-electron chi connectivity index (χ4n) is 2.31. The highest BCUT2D eigenvalue weighted by Gasteiger charge is 2.37. The van der Waals surface area contributed by atoms with Crippen LogP contribution >= 0.6 is 12.4 Å². The molecule has 2 atom stereocenters. The summed E-state index contributed by atoms with van der Waals surface area (Å²) in [7, 11) is -3.82. The van der Waals surface area contributed by atoms with E-state index in [0.29, 0.717) is 13.1 Å². The van der Waals surface area contributed by atoms with Crippen molar-refractivity contribution in [1.29, 1.82) is 0 Å². The summed E-state index contributed by atoms with van der Waals surface area (Å²) in [6.45, 7) is 6.49. The molecule has 0 spiro atoms. The highest BCUT2D eigenvalue weighted by atomic mass is 35.5. The van der Waals surface area contributed by atoms with E-state index in [-0.39, 0.29) is 41.7 Å². The van der Waals surface area contributed by atoms with E-state index in [4.69, 9.17) is 4.74 Å². The van der Waals surface area contributed by atoms with Crippen molar-refractivity contribution in [1.82, 2.24) is 19.8 Å². The number of nitrogens with zero attached hydrogens (tertiary/aromatic N) is 2. The van der Waals surface area contributed by atoms with Crippen molar-refractivity contribution in [3.8, 4) is 0 Å². The topological polar surface area (TPSA) is 104 Å². The standard InChI is InChI=1S/C12H20N4O4S.ClH/c1-4-20-12(17)10-7-14-15-11(10)21(18,19)16-6-5-13-8(2)9(16)3;/h7-9,13H,4-6H2,1-3H3,(H,14,15);1H. The number of rotatable bonds is 4. The second kappa shape index (κ2) is 7.40. The van der Waals surface area contributed by atoms with E-state index in [0.717, 1.165) is 0 Å². The van der Waals surface area contributed by atoms with Crippen LogP contribution in [0.15, 0.2) is 11.2 Å². The van der Waals surface area contributed by atoms with E-state index >= 15 is 0 Å². The first-order valence-corrected chi connectivity index (χ1v) is 8.29. The van der Waals surface area contributed by atoms with Crippen LogP contribution < -0.4 is 5.32 Å². The number of H-pyrrole nitrogens is 1. The van der Waals surface area contributed by atoms with E-state index in [1.54, 1.807) is 6.92 Å².